The number of amides is 11. The molecule has 0 aliphatic heterocycles. The van der Waals surface area contributed by atoms with Crippen LogP contribution in [0.25, 0.3) is 10.9 Å². The highest BCUT2D eigenvalue weighted by Gasteiger charge is 2.37. The van der Waals surface area contributed by atoms with E-state index in [0.717, 1.165) is 0 Å². The standard InChI is InChI=1S/C56H95N25O14S/c1-27(2)42(51(93)77-36(16-17-40(58)83)47(89)78-37(22-29-24-71-31-11-5-4-10-30(29)31)48(90)80-39(26-96)50(92)72-28(3)52(94)95)81-49(91)38(25-82)79-46(88)35(15-9-21-70-56(65)66)76-45(87)34(14-8-20-69-55(63)64)75-44(86)33(13-7-19-68-54(61)62)74-43(85)32(73-41(84)23-57)12-6-18-67-53(59)60/h4-5,10-11,24,27-28,32-39,42,71,82,96H,6-9,12-23,25-26,57H2,1-3H3,(H2,58,83)(H,72,92)(H,73,84)(H,74,85)(H,75,86)(H,76,87)(H,77,93)(H,78,89)(H,79,88)(H,80,90)(H,81,91)(H,94,95)(H4,59,60,67)(H4,61,62,68)(H4,63,64,69)(H4,65,66,70)/t28-,32-,33-,34-,35-,36-,37-,38-,39-,42-/m0/s1. The van der Waals surface area contributed by atoms with Crippen molar-refractivity contribution in [1.82, 2.24) is 58.2 Å². The van der Waals surface area contributed by atoms with E-state index < -0.39 is 163 Å². The Bertz CT molecular complexity index is 3090. The number of benzene rings is 1. The van der Waals surface area contributed by atoms with Gasteiger partial charge in [-0.05, 0) is 82.3 Å². The molecule has 96 heavy (non-hydrogen) atoms. The number of para-hydroxylation sites is 1. The lowest BCUT2D eigenvalue weighted by atomic mass is 10.0. The number of nitrogens with one attached hydrogen (secondary N) is 11. The SMILES string of the molecule is CC(C)[C@H](NC(=O)[C@H](CO)NC(=O)[C@H](CCCN=C(N)N)NC(=O)[C@H](CCCN=C(N)N)NC(=O)[C@H](CCCN=C(N)N)NC(=O)[C@H](CCCN=C(N)N)NC(=O)CN)C(=O)N[C@@H](CCC(N)=O)C(=O)N[C@@H](Cc1c[nH]c2ccccc12)C(=O)N[C@@H](CS)C(=O)N[C@@H](C)C(=O)O. The maximum atomic E-state index is 14.5. The van der Waals surface area contributed by atoms with Crippen LogP contribution in [0.15, 0.2) is 50.4 Å². The molecule has 11 amide bonds. The van der Waals surface area contributed by atoms with E-state index in [1.807, 2.05) is 0 Å². The van der Waals surface area contributed by atoms with E-state index in [2.05, 4.69) is 90.8 Å². The third-order valence-corrected chi connectivity index (χ3v) is 14.5. The fourth-order valence-corrected chi connectivity index (χ4v) is 9.33. The van der Waals surface area contributed by atoms with E-state index >= 15 is 0 Å². The summed E-state index contributed by atoms with van der Waals surface area (Å²) in [7, 11) is 0. The minimum Gasteiger partial charge on any atom is -0.480 e. The zero-order valence-electron chi connectivity index (χ0n) is 53.8. The number of carbonyl (C=O) groups is 12. The number of aliphatic hydroxyl groups excluding tert-OH is 1. The van der Waals surface area contributed by atoms with E-state index in [0.29, 0.717) is 16.5 Å². The molecule has 2 aromatic rings. The summed E-state index contributed by atoms with van der Waals surface area (Å²) in [5, 5.41) is 45.5. The molecule has 1 heterocycles. The molecule has 33 N–H and O–H groups in total. The Morgan fingerprint density at radius 3 is 1.24 bits per heavy atom. The van der Waals surface area contributed by atoms with Crippen molar-refractivity contribution in [2.45, 2.75) is 152 Å². The first-order valence-corrected chi connectivity index (χ1v) is 31.2. The van der Waals surface area contributed by atoms with Gasteiger partial charge in [0.2, 0.25) is 65.0 Å². The smallest absolute Gasteiger partial charge is 0.325 e. The maximum Gasteiger partial charge on any atom is 0.325 e. The predicted molar refractivity (Wildman–Crippen MR) is 358 cm³/mol. The molecule has 0 radical (unpaired) electrons. The Labute approximate surface area is 558 Å². The van der Waals surface area contributed by atoms with Crippen molar-refractivity contribution in [3.63, 3.8) is 0 Å². The molecule has 0 fully saturated rings. The second kappa shape index (κ2) is 42.9. The van der Waals surface area contributed by atoms with Crippen LogP contribution in [-0.4, -0.2) is 215 Å². The van der Waals surface area contributed by atoms with Gasteiger partial charge in [0.25, 0.3) is 0 Å². The van der Waals surface area contributed by atoms with Crippen molar-refractivity contribution in [2.75, 3.05) is 45.1 Å². The number of aliphatic imine (C=N–C) groups is 4. The molecule has 0 aliphatic carbocycles. The number of hydrogen-bond acceptors (Lipinski definition) is 19. The van der Waals surface area contributed by atoms with Gasteiger partial charge in [0.15, 0.2) is 23.8 Å². The number of carboxylic acids is 1. The van der Waals surface area contributed by atoms with Gasteiger partial charge < -0.3 is 126 Å². The van der Waals surface area contributed by atoms with Crippen molar-refractivity contribution in [2.24, 2.45) is 83.2 Å². The molecular weight excluding hydrogens is 1280 g/mol. The number of nitrogens with zero attached hydrogens (tertiary/aromatic N) is 4. The number of aromatic amines is 1. The van der Waals surface area contributed by atoms with Crippen molar-refractivity contribution in [3.8, 4) is 0 Å². The van der Waals surface area contributed by atoms with Gasteiger partial charge in [-0.1, -0.05) is 32.0 Å². The molecule has 0 aliphatic rings. The highest BCUT2D eigenvalue weighted by Crippen LogP contribution is 2.20. The predicted octanol–water partition coefficient (Wildman–Crippen LogP) is -9.32. The molecule has 0 saturated carbocycles. The van der Waals surface area contributed by atoms with Crippen molar-refractivity contribution < 1.29 is 67.7 Å². The number of primary amides is 1. The van der Waals surface area contributed by atoms with Crippen LogP contribution in [0.4, 0.5) is 0 Å². The van der Waals surface area contributed by atoms with Crippen LogP contribution in [-0.2, 0) is 64.0 Å². The van der Waals surface area contributed by atoms with Gasteiger partial charge in [0.1, 0.15) is 60.4 Å². The number of carboxylic acid groups (broad SMARTS) is 1. The number of carbonyl (C=O) groups excluding carboxylic acids is 11. The third-order valence-electron chi connectivity index (χ3n) is 14.2. The van der Waals surface area contributed by atoms with E-state index in [1.54, 1.807) is 30.5 Å². The second-order valence-electron chi connectivity index (χ2n) is 22.3. The molecule has 39 nitrogen and oxygen atoms in total. The fraction of sp³-hybridized carbons (Fsp3) is 0.571. The van der Waals surface area contributed by atoms with Crippen molar-refractivity contribution in [3.05, 3.63) is 36.0 Å². The van der Waals surface area contributed by atoms with Crippen LogP contribution < -0.4 is 111 Å². The van der Waals surface area contributed by atoms with Crippen LogP contribution >= 0.6 is 12.6 Å². The molecule has 0 bridgehead atoms. The summed E-state index contributed by atoms with van der Waals surface area (Å²) in [5.41, 5.74) is 56.2. The molecular formula is C56H95N25O14S. The number of nitrogens with two attached hydrogens (primary N) is 10. The van der Waals surface area contributed by atoms with Gasteiger partial charge in [-0.3, -0.25) is 77.5 Å². The zero-order chi connectivity index (χ0) is 72.2. The lowest BCUT2D eigenvalue weighted by Crippen LogP contribution is -2.62. The summed E-state index contributed by atoms with van der Waals surface area (Å²) >= 11 is 4.16. The minimum atomic E-state index is -1.86. The lowest BCUT2D eigenvalue weighted by molar-refractivity contribution is -0.141. The summed E-state index contributed by atoms with van der Waals surface area (Å²) in [5.74, 6) is -14.1. The average molecular weight is 1370 g/mol. The first-order chi connectivity index (χ1) is 45.3. The topological polar surface area (TPSA) is 691 Å². The summed E-state index contributed by atoms with van der Waals surface area (Å²) in [6.07, 6.45) is 0.134. The number of H-pyrrole nitrogens is 1. The number of thiol groups is 1. The van der Waals surface area contributed by atoms with Gasteiger partial charge in [0.05, 0.1) is 13.2 Å². The number of guanidine groups is 4. The Morgan fingerprint density at radius 1 is 0.479 bits per heavy atom. The quantitative estimate of drug-likeness (QED) is 0.0127. The molecule has 534 valence electrons. The Balaban J connectivity index is 2.55. The molecule has 0 saturated heterocycles. The molecule has 1 aromatic heterocycles. The minimum absolute atomic E-state index is 0.00129. The van der Waals surface area contributed by atoms with Crippen molar-refractivity contribution >= 4 is 118 Å². The zero-order valence-corrected chi connectivity index (χ0v) is 54.7. The highest BCUT2D eigenvalue weighted by atomic mass is 32.1. The largest absolute Gasteiger partial charge is 0.480 e. The Hall–Kier alpha value is -10.3. The van der Waals surface area contributed by atoms with Gasteiger partial charge in [0, 0.05) is 61.9 Å². The molecule has 2 rings (SSSR count). The maximum absolute atomic E-state index is 14.5. The molecule has 0 spiro atoms. The van der Waals surface area contributed by atoms with Crippen molar-refractivity contribution in [1.29, 1.82) is 0 Å². The monoisotopic (exact) mass is 1370 g/mol. The Kier molecular flexibility index (Phi) is 36.6. The molecule has 0 unspecified atom stereocenters. The number of rotatable bonds is 45. The molecule has 1 aromatic carbocycles. The van der Waals surface area contributed by atoms with E-state index in [1.165, 1.54) is 20.8 Å². The second-order valence-corrected chi connectivity index (χ2v) is 22.6. The van der Waals surface area contributed by atoms with Gasteiger partial charge in [-0.25, -0.2) is 0 Å². The Morgan fingerprint density at radius 2 is 0.844 bits per heavy atom. The highest BCUT2D eigenvalue weighted by molar-refractivity contribution is 7.80. The van der Waals surface area contributed by atoms with E-state index in [4.69, 9.17) is 57.3 Å². The van der Waals surface area contributed by atoms with Crippen LogP contribution in [0.3, 0.4) is 0 Å². The lowest BCUT2D eigenvalue weighted by Gasteiger charge is -2.29. The van der Waals surface area contributed by atoms with Crippen LogP contribution in [0, 0.1) is 5.92 Å². The first-order valence-electron chi connectivity index (χ1n) is 30.5. The van der Waals surface area contributed by atoms with E-state index in [-0.39, 0.29) is 114 Å². The fourth-order valence-electron chi connectivity index (χ4n) is 9.08. The molecule has 40 heteroatoms. The van der Waals surface area contributed by atoms with Crippen LogP contribution in [0.1, 0.15) is 90.5 Å². The summed E-state index contributed by atoms with van der Waals surface area (Å²) < 4.78 is 0. The first kappa shape index (κ1) is 81.8. The van der Waals surface area contributed by atoms with Gasteiger partial charge >= 0.3 is 5.97 Å². The summed E-state index contributed by atoms with van der Waals surface area (Å²) in [6.45, 7) is 2.52. The number of aliphatic carboxylic acids is 1. The van der Waals surface area contributed by atoms with Gasteiger partial charge in [-0.15, -0.1) is 0 Å². The normalized spacial score (nSPS) is 14.0. The van der Waals surface area contributed by atoms with E-state index in [9.17, 15) is 67.7 Å². The number of aromatic nitrogens is 1. The number of hydrogen-bond donors (Lipinski definition) is 24. The van der Waals surface area contributed by atoms with Crippen LogP contribution in [0.2, 0.25) is 0 Å². The summed E-state index contributed by atoms with van der Waals surface area (Å²) in [4.78, 5) is 182. The average Bonchev–Trinajstić information content (AvgIpc) is 1.63. The number of fused-ring (bicyclic) bond motifs is 1. The summed E-state index contributed by atoms with van der Waals surface area (Å²) in [6, 6.07) is -8.18. The number of aliphatic hydroxyl groups is 1. The third kappa shape index (κ3) is 30.7. The van der Waals surface area contributed by atoms with Crippen LogP contribution in [0.5, 0.6) is 0 Å². The molecule has 10 atom stereocenters. The van der Waals surface area contributed by atoms with Gasteiger partial charge in [-0.2, -0.15) is 12.6 Å².